The van der Waals surface area contributed by atoms with Gasteiger partial charge in [0.25, 0.3) is 0 Å². The van der Waals surface area contributed by atoms with E-state index in [1.54, 1.807) is 14.2 Å². The molecule has 0 fully saturated rings. The molecule has 0 bridgehead atoms. The minimum absolute atomic E-state index is 0.480. The van der Waals surface area contributed by atoms with Gasteiger partial charge in [0, 0.05) is 14.2 Å². The van der Waals surface area contributed by atoms with Gasteiger partial charge >= 0.3 is 0 Å². The molecule has 0 saturated carbocycles. The highest BCUT2D eigenvalue weighted by Gasteiger charge is 2.24. The average molecular weight is 154 g/mol. The molecule has 0 amide bonds. The summed E-state index contributed by atoms with van der Waals surface area (Å²) < 4.78 is 10.4. The maximum absolute atomic E-state index is 5.18. The summed E-state index contributed by atoms with van der Waals surface area (Å²) in [7, 11) is 3.27. The molecule has 62 valence electrons. The predicted octanol–water partition coefficient (Wildman–Crippen LogP) is 1.74. The quantitative estimate of drug-likeness (QED) is 0.445. The van der Waals surface area contributed by atoms with Crippen molar-refractivity contribution in [1.29, 1.82) is 0 Å². The lowest BCUT2D eigenvalue weighted by Crippen LogP contribution is -2.30. The minimum Gasteiger partial charge on any atom is -0.346 e. The molecule has 0 atom stereocenters. The fourth-order valence-electron chi connectivity index (χ4n) is 1.05. The van der Waals surface area contributed by atoms with Gasteiger partial charge in [-0.15, -0.1) is 0 Å². The van der Waals surface area contributed by atoms with Crippen LogP contribution in [0.1, 0.15) is 6.92 Å². The van der Waals surface area contributed by atoms with E-state index < -0.39 is 5.79 Å². The van der Waals surface area contributed by atoms with Crippen LogP contribution < -0.4 is 0 Å². The van der Waals surface area contributed by atoms with E-state index in [0.29, 0.717) is 5.92 Å². The average Bonchev–Trinajstić information content (AvgIpc) is 2.07. The Bertz CT molecular complexity index is 162. The van der Waals surface area contributed by atoms with Crippen molar-refractivity contribution in [3.05, 3.63) is 24.3 Å². The van der Waals surface area contributed by atoms with Crippen LogP contribution in [-0.4, -0.2) is 20.0 Å². The third-order valence-electron chi connectivity index (χ3n) is 1.90. The van der Waals surface area contributed by atoms with Crippen LogP contribution >= 0.6 is 0 Å². The number of hydrogen-bond donors (Lipinski definition) is 0. The van der Waals surface area contributed by atoms with Crippen molar-refractivity contribution < 1.29 is 9.47 Å². The second-order valence-electron chi connectivity index (χ2n) is 2.71. The summed E-state index contributed by atoms with van der Waals surface area (Å²) in [5, 5.41) is 0. The fourth-order valence-corrected chi connectivity index (χ4v) is 1.05. The van der Waals surface area contributed by atoms with Crippen molar-refractivity contribution in [2.45, 2.75) is 12.7 Å². The summed E-state index contributed by atoms with van der Waals surface area (Å²) >= 11 is 0. The second kappa shape index (κ2) is 3.20. The third kappa shape index (κ3) is 1.70. The molecule has 0 heterocycles. The summed E-state index contributed by atoms with van der Waals surface area (Å²) in [6.45, 7) is 2.11. The molecule has 0 aromatic carbocycles. The first-order chi connectivity index (χ1) is 5.22. The van der Waals surface area contributed by atoms with Crippen molar-refractivity contribution in [2.75, 3.05) is 14.2 Å². The van der Waals surface area contributed by atoms with Gasteiger partial charge in [0.2, 0.25) is 5.79 Å². The number of methoxy groups -OCH3 is 2. The van der Waals surface area contributed by atoms with Gasteiger partial charge in [-0.1, -0.05) is 19.1 Å². The van der Waals surface area contributed by atoms with Gasteiger partial charge in [-0.2, -0.15) is 0 Å². The third-order valence-corrected chi connectivity index (χ3v) is 1.90. The summed E-state index contributed by atoms with van der Waals surface area (Å²) in [5.41, 5.74) is 0. The molecule has 1 aliphatic carbocycles. The van der Waals surface area contributed by atoms with Crippen molar-refractivity contribution >= 4 is 0 Å². The number of hydrogen-bond acceptors (Lipinski definition) is 2. The highest BCUT2D eigenvalue weighted by atomic mass is 16.7. The molecule has 0 aromatic heterocycles. The maximum atomic E-state index is 5.18. The first kappa shape index (κ1) is 8.50. The molecule has 1 rings (SSSR count). The standard InChI is InChI=1S/C9H14O2/c1-8-4-6-9(10-2,11-3)7-5-8/h4-8H,1-3H3. The van der Waals surface area contributed by atoms with Crippen LogP contribution in [0.3, 0.4) is 0 Å². The minimum atomic E-state index is -0.619. The predicted molar refractivity (Wildman–Crippen MR) is 44.2 cm³/mol. The normalized spacial score (nSPS) is 22.5. The number of allylic oxidation sites excluding steroid dienone is 2. The van der Waals surface area contributed by atoms with Gasteiger partial charge in [-0.05, 0) is 18.1 Å². The summed E-state index contributed by atoms with van der Waals surface area (Å²) in [5.74, 6) is -0.139. The van der Waals surface area contributed by atoms with Gasteiger partial charge in [0.15, 0.2) is 0 Å². The van der Waals surface area contributed by atoms with E-state index in [4.69, 9.17) is 9.47 Å². The molecule has 0 N–H and O–H groups in total. The van der Waals surface area contributed by atoms with Crippen molar-refractivity contribution in [3.63, 3.8) is 0 Å². The molecular weight excluding hydrogens is 140 g/mol. The van der Waals surface area contributed by atoms with E-state index >= 15 is 0 Å². The molecule has 0 aliphatic heterocycles. The Balaban J connectivity index is 2.73. The summed E-state index contributed by atoms with van der Waals surface area (Å²) in [4.78, 5) is 0. The van der Waals surface area contributed by atoms with Crippen LogP contribution in [0.4, 0.5) is 0 Å². The van der Waals surface area contributed by atoms with Crippen LogP contribution in [0.15, 0.2) is 24.3 Å². The van der Waals surface area contributed by atoms with Crippen LogP contribution in [0.25, 0.3) is 0 Å². The molecule has 0 spiro atoms. The Morgan fingerprint density at radius 2 is 1.55 bits per heavy atom. The van der Waals surface area contributed by atoms with Crippen LogP contribution in [0.2, 0.25) is 0 Å². The molecule has 2 heteroatoms. The SMILES string of the molecule is COC1(OC)C=CC(C)C=C1. The lowest BCUT2D eigenvalue weighted by molar-refractivity contribution is -0.134. The Kier molecular flexibility index (Phi) is 2.47. The van der Waals surface area contributed by atoms with E-state index in [1.165, 1.54) is 0 Å². The van der Waals surface area contributed by atoms with E-state index in [9.17, 15) is 0 Å². The number of rotatable bonds is 2. The van der Waals surface area contributed by atoms with E-state index in [2.05, 4.69) is 19.1 Å². The smallest absolute Gasteiger partial charge is 0.207 e. The van der Waals surface area contributed by atoms with E-state index in [1.807, 2.05) is 12.2 Å². The van der Waals surface area contributed by atoms with Crippen molar-refractivity contribution in [3.8, 4) is 0 Å². The molecule has 0 unspecified atom stereocenters. The Hall–Kier alpha value is -0.600. The van der Waals surface area contributed by atoms with Crippen molar-refractivity contribution in [1.82, 2.24) is 0 Å². The summed E-state index contributed by atoms with van der Waals surface area (Å²) in [6.07, 6.45) is 7.98. The molecule has 2 nitrogen and oxygen atoms in total. The maximum Gasteiger partial charge on any atom is 0.207 e. The first-order valence-corrected chi connectivity index (χ1v) is 3.71. The van der Waals surface area contributed by atoms with E-state index in [0.717, 1.165) is 0 Å². The molecular formula is C9H14O2. The zero-order valence-corrected chi connectivity index (χ0v) is 7.20. The van der Waals surface area contributed by atoms with E-state index in [-0.39, 0.29) is 0 Å². The summed E-state index contributed by atoms with van der Waals surface area (Å²) in [6, 6.07) is 0. The Morgan fingerprint density at radius 1 is 1.09 bits per heavy atom. The first-order valence-electron chi connectivity index (χ1n) is 3.71. The lowest BCUT2D eigenvalue weighted by atomic mass is 10.0. The molecule has 11 heavy (non-hydrogen) atoms. The number of ether oxygens (including phenoxy) is 2. The van der Waals surface area contributed by atoms with Gasteiger partial charge in [-0.25, -0.2) is 0 Å². The Morgan fingerprint density at radius 3 is 1.91 bits per heavy atom. The molecule has 0 radical (unpaired) electrons. The second-order valence-corrected chi connectivity index (χ2v) is 2.71. The topological polar surface area (TPSA) is 18.5 Å². The van der Waals surface area contributed by atoms with Crippen LogP contribution in [-0.2, 0) is 9.47 Å². The highest BCUT2D eigenvalue weighted by molar-refractivity contribution is 5.18. The fraction of sp³-hybridized carbons (Fsp3) is 0.556. The van der Waals surface area contributed by atoms with Gasteiger partial charge in [0.1, 0.15) is 0 Å². The molecule has 0 saturated heterocycles. The largest absolute Gasteiger partial charge is 0.346 e. The van der Waals surface area contributed by atoms with Crippen LogP contribution in [0.5, 0.6) is 0 Å². The van der Waals surface area contributed by atoms with Crippen LogP contribution in [0, 0.1) is 5.92 Å². The lowest BCUT2D eigenvalue weighted by Gasteiger charge is -2.26. The van der Waals surface area contributed by atoms with Gasteiger partial charge in [0.05, 0.1) is 0 Å². The molecule has 1 aliphatic rings. The van der Waals surface area contributed by atoms with Gasteiger partial charge in [-0.3, -0.25) is 0 Å². The zero-order chi connectivity index (χ0) is 8.32. The zero-order valence-electron chi connectivity index (χ0n) is 7.20. The van der Waals surface area contributed by atoms with Crippen molar-refractivity contribution in [2.24, 2.45) is 5.92 Å². The molecule has 0 aromatic rings. The highest BCUT2D eigenvalue weighted by Crippen LogP contribution is 2.21. The monoisotopic (exact) mass is 154 g/mol. The Labute approximate surface area is 67.5 Å². The van der Waals surface area contributed by atoms with Gasteiger partial charge < -0.3 is 9.47 Å².